The van der Waals surface area contributed by atoms with Crippen molar-refractivity contribution < 1.29 is 4.79 Å². The van der Waals surface area contributed by atoms with E-state index in [9.17, 15) is 4.79 Å². The maximum atomic E-state index is 11.8. The lowest BCUT2D eigenvalue weighted by Crippen LogP contribution is -2.06. The average molecular weight is 223 g/mol. The van der Waals surface area contributed by atoms with E-state index in [1.165, 1.54) is 0 Å². The van der Waals surface area contributed by atoms with Crippen molar-refractivity contribution in [1.29, 1.82) is 0 Å². The van der Waals surface area contributed by atoms with Crippen molar-refractivity contribution >= 4 is 28.4 Å². The van der Waals surface area contributed by atoms with Crippen LogP contribution in [0.3, 0.4) is 0 Å². The number of carbonyl (C=O) groups excluding carboxylic acids is 1. The fourth-order valence-electron chi connectivity index (χ4n) is 1.49. The van der Waals surface area contributed by atoms with Crippen LogP contribution < -0.4 is 0 Å². The first kappa shape index (κ1) is 10.2. The summed E-state index contributed by atoms with van der Waals surface area (Å²) in [6, 6.07) is 1.76. The van der Waals surface area contributed by atoms with Crippen LogP contribution in [-0.4, -0.2) is 15.8 Å². The summed E-state index contributed by atoms with van der Waals surface area (Å²) in [7, 11) is 0. The van der Waals surface area contributed by atoms with Crippen molar-refractivity contribution in [2.24, 2.45) is 5.92 Å². The van der Waals surface area contributed by atoms with E-state index in [1.54, 1.807) is 18.5 Å². The first-order chi connectivity index (χ1) is 7.09. The van der Waals surface area contributed by atoms with Crippen molar-refractivity contribution in [3.05, 3.63) is 29.0 Å². The van der Waals surface area contributed by atoms with E-state index in [4.69, 9.17) is 11.6 Å². The van der Waals surface area contributed by atoms with Gasteiger partial charge >= 0.3 is 0 Å². The van der Waals surface area contributed by atoms with E-state index in [0.717, 1.165) is 5.39 Å². The summed E-state index contributed by atoms with van der Waals surface area (Å²) in [5, 5.41) is 1.33. The number of nitrogens with zero attached hydrogens (tertiary/aromatic N) is 1. The quantitative estimate of drug-likeness (QED) is 0.794. The minimum absolute atomic E-state index is 0.0250. The highest BCUT2D eigenvalue weighted by Crippen LogP contribution is 2.22. The number of carbonyl (C=O) groups is 1. The second-order valence-electron chi connectivity index (χ2n) is 3.77. The number of hydrogen-bond acceptors (Lipinski definition) is 2. The van der Waals surface area contributed by atoms with E-state index in [2.05, 4.69) is 9.97 Å². The lowest BCUT2D eigenvalue weighted by molar-refractivity contribution is 0.0941. The third-order valence-electron chi connectivity index (χ3n) is 2.29. The number of H-pyrrole nitrogens is 1. The van der Waals surface area contributed by atoms with E-state index >= 15 is 0 Å². The summed E-state index contributed by atoms with van der Waals surface area (Å²) in [6.45, 7) is 3.75. The molecule has 2 rings (SSSR count). The first-order valence-corrected chi connectivity index (χ1v) is 5.14. The van der Waals surface area contributed by atoms with Gasteiger partial charge in [-0.25, -0.2) is 4.98 Å². The molecule has 0 aliphatic heterocycles. The molecular weight excluding hydrogens is 212 g/mol. The number of rotatable bonds is 2. The third-order valence-corrected chi connectivity index (χ3v) is 2.49. The number of Topliss-reactive ketones (excluding diaryl/α,β-unsaturated/α-hetero) is 1. The average Bonchev–Trinajstić information content (AvgIpc) is 2.59. The molecule has 2 heterocycles. The van der Waals surface area contributed by atoms with Crippen molar-refractivity contribution in [2.45, 2.75) is 13.8 Å². The normalized spacial score (nSPS) is 11.2. The highest BCUT2D eigenvalue weighted by atomic mass is 35.5. The van der Waals surface area contributed by atoms with Gasteiger partial charge in [0.2, 0.25) is 0 Å². The minimum atomic E-state index is -0.0250. The molecule has 15 heavy (non-hydrogen) atoms. The molecule has 0 bridgehead atoms. The van der Waals surface area contributed by atoms with Crippen molar-refractivity contribution in [3.63, 3.8) is 0 Å². The van der Waals surface area contributed by atoms with Crippen LogP contribution in [0.1, 0.15) is 24.2 Å². The molecule has 2 aromatic heterocycles. The number of pyridine rings is 1. The molecule has 78 valence electrons. The van der Waals surface area contributed by atoms with Crippen LogP contribution in [0.15, 0.2) is 18.5 Å². The number of aromatic nitrogens is 2. The molecule has 1 N–H and O–H groups in total. The summed E-state index contributed by atoms with van der Waals surface area (Å²) < 4.78 is 0. The second-order valence-corrected chi connectivity index (χ2v) is 4.21. The van der Waals surface area contributed by atoms with Gasteiger partial charge in [-0.05, 0) is 6.07 Å². The largest absolute Gasteiger partial charge is 0.345 e. The predicted molar refractivity (Wildman–Crippen MR) is 60.3 cm³/mol. The Morgan fingerprint density at radius 3 is 2.93 bits per heavy atom. The Balaban J connectivity index is 2.62. The van der Waals surface area contributed by atoms with Crippen molar-refractivity contribution in [3.8, 4) is 0 Å². The lowest BCUT2D eigenvalue weighted by Gasteiger charge is -2.01. The summed E-state index contributed by atoms with van der Waals surface area (Å²) >= 11 is 5.84. The number of ketones is 1. The van der Waals surface area contributed by atoms with Crippen LogP contribution in [0.2, 0.25) is 5.02 Å². The van der Waals surface area contributed by atoms with Crippen LogP contribution in [0.5, 0.6) is 0 Å². The third kappa shape index (κ3) is 1.75. The zero-order valence-corrected chi connectivity index (χ0v) is 9.30. The molecule has 0 aliphatic carbocycles. The summed E-state index contributed by atoms with van der Waals surface area (Å²) in [6.07, 6.45) is 3.25. The molecule has 4 heteroatoms. The van der Waals surface area contributed by atoms with Crippen LogP contribution in [0.25, 0.3) is 11.0 Å². The van der Waals surface area contributed by atoms with Gasteiger partial charge < -0.3 is 4.98 Å². The molecule has 0 radical (unpaired) electrons. The maximum Gasteiger partial charge on any atom is 0.167 e. The van der Waals surface area contributed by atoms with Gasteiger partial charge in [0.25, 0.3) is 0 Å². The number of fused-ring (bicyclic) bond motifs is 1. The Morgan fingerprint density at radius 1 is 1.53 bits per heavy atom. The van der Waals surface area contributed by atoms with Crippen LogP contribution >= 0.6 is 11.6 Å². The Labute approximate surface area is 92.5 Å². The van der Waals surface area contributed by atoms with Gasteiger partial charge in [-0.15, -0.1) is 0 Å². The molecule has 0 spiro atoms. The molecule has 0 aliphatic rings. The number of halogens is 1. The molecule has 0 fully saturated rings. The van der Waals surface area contributed by atoms with Gasteiger partial charge in [0.1, 0.15) is 5.65 Å². The van der Waals surface area contributed by atoms with Gasteiger partial charge in [-0.2, -0.15) is 0 Å². The molecule has 0 unspecified atom stereocenters. The fourth-order valence-corrected chi connectivity index (χ4v) is 1.65. The topological polar surface area (TPSA) is 45.8 Å². The molecular formula is C11H11ClN2O. The van der Waals surface area contributed by atoms with Crippen LogP contribution in [-0.2, 0) is 0 Å². The fraction of sp³-hybridized carbons (Fsp3) is 0.273. The Morgan fingerprint density at radius 2 is 2.27 bits per heavy atom. The molecule has 0 saturated carbocycles. The van der Waals surface area contributed by atoms with Crippen LogP contribution in [0, 0.1) is 5.92 Å². The molecule has 0 aromatic carbocycles. The van der Waals surface area contributed by atoms with Crippen molar-refractivity contribution in [2.75, 3.05) is 0 Å². The van der Waals surface area contributed by atoms with Gasteiger partial charge in [-0.1, -0.05) is 25.4 Å². The maximum absolute atomic E-state index is 11.8. The highest BCUT2D eigenvalue weighted by Gasteiger charge is 2.15. The van der Waals surface area contributed by atoms with E-state index in [-0.39, 0.29) is 11.7 Å². The summed E-state index contributed by atoms with van der Waals surface area (Å²) in [4.78, 5) is 18.9. The molecule has 3 nitrogen and oxygen atoms in total. The molecule has 0 amide bonds. The van der Waals surface area contributed by atoms with Crippen molar-refractivity contribution in [1.82, 2.24) is 9.97 Å². The van der Waals surface area contributed by atoms with Crippen LogP contribution in [0.4, 0.5) is 0 Å². The van der Waals surface area contributed by atoms with Gasteiger partial charge in [0, 0.05) is 29.3 Å². The summed E-state index contributed by atoms with van der Waals surface area (Å²) in [5.41, 5.74) is 1.36. The first-order valence-electron chi connectivity index (χ1n) is 4.76. The van der Waals surface area contributed by atoms with E-state index in [1.807, 2.05) is 13.8 Å². The second kappa shape index (κ2) is 3.66. The van der Waals surface area contributed by atoms with Gasteiger partial charge in [0.15, 0.2) is 5.78 Å². The van der Waals surface area contributed by atoms with E-state index < -0.39 is 0 Å². The summed E-state index contributed by atoms with van der Waals surface area (Å²) in [5.74, 6) is 0.0771. The number of hydrogen-bond donors (Lipinski definition) is 1. The monoisotopic (exact) mass is 222 g/mol. The number of aromatic amines is 1. The van der Waals surface area contributed by atoms with E-state index in [0.29, 0.717) is 16.2 Å². The highest BCUT2D eigenvalue weighted by molar-refractivity contribution is 6.31. The van der Waals surface area contributed by atoms with Gasteiger partial charge in [0.05, 0.1) is 5.02 Å². The Kier molecular flexibility index (Phi) is 2.49. The zero-order valence-electron chi connectivity index (χ0n) is 8.54. The smallest absolute Gasteiger partial charge is 0.167 e. The zero-order chi connectivity index (χ0) is 11.0. The van der Waals surface area contributed by atoms with Gasteiger partial charge in [-0.3, -0.25) is 4.79 Å². The molecule has 0 atom stereocenters. The standard InChI is InChI=1S/C11H11ClN2O/c1-6(2)10(15)9-5-14-11-8(9)3-7(12)4-13-11/h3-6H,1-2H3,(H,13,14). The lowest BCUT2D eigenvalue weighted by atomic mass is 10.0. The Hall–Kier alpha value is -1.35. The molecule has 2 aromatic rings. The predicted octanol–water partition coefficient (Wildman–Crippen LogP) is 3.06. The molecule has 0 saturated heterocycles. The SMILES string of the molecule is CC(C)C(=O)c1c[nH]c2ncc(Cl)cc12. The number of nitrogens with one attached hydrogen (secondary N) is 1. The minimum Gasteiger partial charge on any atom is -0.345 e. The Bertz CT molecular complexity index is 516.